The molecule has 2 fully saturated rings. The molecule has 0 aromatic heterocycles. The Labute approximate surface area is 103 Å². The van der Waals surface area contributed by atoms with Gasteiger partial charge in [0, 0.05) is 17.6 Å². The number of fused-ring (bicyclic) bond motifs is 2. The van der Waals surface area contributed by atoms with Crippen molar-refractivity contribution in [2.75, 3.05) is 0 Å². The molecular formula is C13H24N2O2. The number of nitrogens with one attached hydrogen (secondary N) is 2. The minimum Gasteiger partial charge on any atom is -0.444 e. The molecule has 2 saturated heterocycles. The van der Waals surface area contributed by atoms with Crippen molar-refractivity contribution < 1.29 is 9.53 Å². The van der Waals surface area contributed by atoms with Crippen LogP contribution in [0.3, 0.4) is 0 Å². The highest BCUT2D eigenvalue weighted by Gasteiger charge is 2.42. The summed E-state index contributed by atoms with van der Waals surface area (Å²) in [7, 11) is 0. The van der Waals surface area contributed by atoms with E-state index in [9.17, 15) is 4.79 Å². The largest absolute Gasteiger partial charge is 0.444 e. The molecule has 1 amide bonds. The van der Waals surface area contributed by atoms with Gasteiger partial charge >= 0.3 is 6.09 Å². The highest BCUT2D eigenvalue weighted by molar-refractivity contribution is 5.68. The van der Waals surface area contributed by atoms with Crippen molar-refractivity contribution in [3.63, 3.8) is 0 Å². The smallest absolute Gasteiger partial charge is 0.408 e. The summed E-state index contributed by atoms with van der Waals surface area (Å²) >= 11 is 0. The lowest BCUT2D eigenvalue weighted by molar-refractivity contribution is 0.0429. The minimum absolute atomic E-state index is 0.112. The number of carbonyl (C=O) groups excluding carboxylic acids is 1. The first-order valence-corrected chi connectivity index (χ1v) is 6.53. The number of hydrogen-bond acceptors (Lipinski definition) is 3. The Morgan fingerprint density at radius 2 is 1.82 bits per heavy atom. The van der Waals surface area contributed by atoms with Gasteiger partial charge < -0.3 is 15.4 Å². The predicted molar refractivity (Wildman–Crippen MR) is 67.0 cm³/mol. The van der Waals surface area contributed by atoms with Crippen LogP contribution in [0.2, 0.25) is 0 Å². The van der Waals surface area contributed by atoms with Crippen LogP contribution in [0.1, 0.15) is 53.4 Å². The fraction of sp³-hybridized carbons (Fsp3) is 0.923. The Morgan fingerprint density at radius 1 is 1.29 bits per heavy atom. The number of ether oxygens (including phenoxy) is 1. The van der Waals surface area contributed by atoms with E-state index in [2.05, 4.69) is 17.6 Å². The zero-order valence-corrected chi connectivity index (χ0v) is 11.3. The van der Waals surface area contributed by atoms with Crippen LogP contribution < -0.4 is 10.6 Å². The maximum Gasteiger partial charge on any atom is 0.408 e. The monoisotopic (exact) mass is 240 g/mol. The third kappa shape index (κ3) is 3.35. The molecule has 0 aromatic rings. The lowest BCUT2D eigenvalue weighted by Gasteiger charge is -2.39. The van der Waals surface area contributed by atoms with Gasteiger partial charge in [0.15, 0.2) is 0 Å². The fourth-order valence-electron chi connectivity index (χ4n) is 3.05. The van der Waals surface area contributed by atoms with Crippen LogP contribution in [0.4, 0.5) is 4.79 Å². The first-order chi connectivity index (χ1) is 7.76. The van der Waals surface area contributed by atoms with E-state index in [1.165, 1.54) is 12.8 Å². The Bertz CT molecular complexity index is 297. The molecule has 2 atom stereocenters. The van der Waals surface area contributed by atoms with Crippen molar-refractivity contribution in [1.82, 2.24) is 10.6 Å². The number of carbonyl (C=O) groups is 1. The van der Waals surface area contributed by atoms with Crippen LogP contribution in [-0.2, 0) is 4.74 Å². The quantitative estimate of drug-likeness (QED) is 0.738. The maximum absolute atomic E-state index is 11.8. The van der Waals surface area contributed by atoms with Crippen LogP contribution in [0, 0.1) is 0 Å². The number of amides is 1. The van der Waals surface area contributed by atoms with Crippen LogP contribution in [0.25, 0.3) is 0 Å². The molecule has 0 spiro atoms. The maximum atomic E-state index is 11.8. The standard InChI is InChI=1S/C13H24N2O2/c1-12(2,3)17-11(16)15-13(4)7-9-5-6-10(8-13)14-9/h9-10,14H,5-8H2,1-4H3,(H,15,16). The molecule has 0 aromatic carbocycles. The van der Waals surface area contributed by atoms with E-state index in [0.29, 0.717) is 12.1 Å². The normalized spacial score (nSPS) is 36.7. The van der Waals surface area contributed by atoms with Crippen molar-refractivity contribution in [2.24, 2.45) is 0 Å². The van der Waals surface area contributed by atoms with E-state index in [-0.39, 0.29) is 11.6 Å². The Kier molecular flexibility index (Phi) is 3.10. The van der Waals surface area contributed by atoms with E-state index in [1.807, 2.05) is 20.8 Å². The Balaban J connectivity index is 1.91. The van der Waals surface area contributed by atoms with E-state index in [1.54, 1.807) is 0 Å². The molecule has 4 nitrogen and oxygen atoms in total. The zero-order valence-electron chi connectivity index (χ0n) is 11.3. The number of rotatable bonds is 1. The predicted octanol–water partition coefficient (Wildman–Crippen LogP) is 2.18. The van der Waals surface area contributed by atoms with Crippen molar-refractivity contribution >= 4 is 6.09 Å². The minimum atomic E-state index is -0.424. The van der Waals surface area contributed by atoms with Gasteiger partial charge in [0.1, 0.15) is 5.60 Å². The van der Waals surface area contributed by atoms with Gasteiger partial charge in [-0.3, -0.25) is 0 Å². The van der Waals surface area contributed by atoms with E-state index >= 15 is 0 Å². The number of piperidine rings is 1. The van der Waals surface area contributed by atoms with Crippen LogP contribution in [0.15, 0.2) is 0 Å². The van der Waals surface area contributed by atoms with Crippen LogP contribution in [0.5, 0.6) is 0 Å². The van der Waals surface area contributed by atoms with Crippen LogP contribution >= 0.6 is 0 Å². The molecule has 2 N–H and O–H groups in total. The molecule has 17 heavy (non-hydrogen) atoms. The van der Waals surface area contributed by atoms with Gasteiger partial charge in [0.05, 0.1) is 0 Å². The summed E-state index contributed by atoms with van der Waals surface area (Å²) in [6.07, 6.45) is 4.18. The van der Waals surface area contributed by atoms with E-state index in [0.717, 1.165) is 12.8 Å². The summed E-state index contributed by atoms with van der Waals surface area (Å²) in [4.78, 5) is 11.8. The molecule has 4 heteroatoms. The average Bonchev–Trinajstić information content (AvgIpc) is 2.41. The lowest BCUT2D eigenvalue weighted by atomic mass is 9.86. The summed E-state index contributed by atoms with van der Waals surface area (Å²) in [5.74, 6) is 0. The Morgan fingerprint density at radius 3 is 2.29 bits per heavy atom. The summed E-state index contributed by atoms with van der Waals surface area (Å²) in [5.41, 5.74) is -0.536. The van der Waals surface area contributed by atoms with Gasteiger partial charge in [-0.15, -0.1) is 0 Å². The second kappa shape index (κ2) is 4.16. The second-order valence-corrected chi connectivity index (χ2v) is 6.73. The summed E-state index contributed by atoms with van der Waals surface area (Å²) in [5, 5.41) is 6.63. The van der Waals surface area contributed by atoms with Gasteiger partial charge in [-0.25, -0.2) is 4.79 Å². The molecule has 2 heterocycles. The lowest BCUT2D eigenvalue weighted by Crippen LogP contribution is -2.56. The molecular weight excluding hydrogens is 216 g/mol. The fourth-order valence-corrected chi connectivity index (χ4v) is 3.05. The molecule has 2 aliphatic heterocycles. The molecule has 2 aliphatic rings. The van der Waals surface area contributed by atoms with Gasteiger partial charge in [0.2, 0.25) is 0 Å². The third-order valence-corrected chi connectivity index (χ3v) is 3.53. The first kappa shape index (κ1) is 12.7. The summed E-state index contributed by atoms with van der Waals surface area (Å²) < 4.78 is 5.33. The SMILES string of the molecule is CC1(NC(=O)OC(C)(C)C)CC2CCC(C1)N2. The number of hydrogen-bond donors (Lipinski definition) is 2. The summed E-state index contributed by atoms with van der Waals surface area (Å²) in [6.45, 7) is 7.80. The third-order valence-electron chi connectivity index (χ3n) is 3.53. The molecule has 0 saturated carbocycles. The Hall–Kier alpha value is -0.770. The molecule has 98 valence electrons. The zero-order chi connectivity index (χ0) is 12.7. The van der Waals surface area contributed by atoms with Gasteiger partial charge in [-0.2, -0.15) is 0 Å². The van der Waals surface area contributed by atoms with Crippen molar-refractivity contribution in [2.45, 2.75) is 76.6 Å². The van der Waals surface area contributed by atoms with Gasteiger partial charge in [0.25, 0.3) is 0 Å². The van der Waals surface area contributed by atoms with Crippen molar-refractivity contribution in [3.05, 3.63) is 0 Å². The molecule has 2 bridgehead atoms. The highest BCUT2D eigenvalue weighted by Crippen LogP contribution is 2.33. The molecule has 0 aliphatic carbocycles. The van der Waals surface area contributed by atoms with Crippen molar-refractivity contribution in [3.8, 4) is 0 Å². The second-order valence-electron chi connectivity index (χ2n) is 6.73. The van der Waals surface area contributed by atoms with Crippen molar-refractivity contribution in [1.29, 1.82) is 0 Å². The van der Waals surface area contributed by atoms with Gasteiger partial charge in [-0.05, 0) is 53.4 Å². The topological polar surface area (TPSA) is 50.4 Å². The molecule has 0 radical (unpaired) electrons. The first-order valence-electron chi connectivity index (χ1n) is 6.53. The van der Waals surface area contributed by atoms with E-state index in [4.69, 9.17) is 4.74 Å². The van der Waals surface area contributed by atoms with Gasteiger partial charge in [-0.1, -0.05) is 0 Å². The van der Waals surface area contributed by atoms with E-state index < -0.39 is 5.60 Å². The average molecular weight is 240 g/mol. The molecule has 2 rings (SSSR count). The van der Waals surface area contributed by atoms with Crippen LogP contribution in [-0.4, -0.2) is 29.3 Å². The highest BCUT2D eigenvalue weighted by atomic mass is 16.6. The number of alkyl carbamates (subject to hydrolysis) is 1. The molecule has 2 unspecified atom stereocenters. The summed E-state index contributed by atoms with van der Waals surface area (Å²) in [6, 6.07) is 1.13.